The van der Waals surface area contributed by atoms with Crippen molar-refractivity contribution in [3.8, 4) is 0 Å². The fourth-order valence-corrected chi connectivity index (χ4v) is 3.03. The van der Waals surface area contributed by atoms with Crippen molar-refractivity contribution < 1.29 is 0 Å². The van der Waals surface area contributed by atoms with E-state index in [1.807, 2.05) is 36.4 Å². The van der Waals surface area contributed by atoms with Gasteiger partial charge in [0.2, 0.25) is 0 Å². The standard InChI is InChI=1S/C16H14N2S/c1-12-15(13-8-4-2-5-9-13)17-18-16(19-12)14-10-6-3-7-11-14/h2-12H,1H3. The molecule has 0 bridgehead atoms. The molecule has 0 fully saturated rings. The first-order chi connectivity index (χ1) is 9.34. The van der Waals surface area contributed by atoms with Crippen LogP contribution in [0.1, 0.15) is 18.1 Å². The summed E-state index contributed by atoms with van der Waals surface area (Å²) in [6.07, 6.45) is 0. The first-order valence-corrected chi connectivity index (χ1v) is 7.15. The molecule has 1 atom stereocenters. The topological polar surface area (TPSA) is 24.7 Å². The third-order valence-corrected chi connectivity index (χ3v) is 4.13. The maximum absolute atomic E-state index is 4.42. The average molecular weight is 266 g/mol. The second kappa shape index (κ2) is 5.41. The normalized spacial score (nSPS) is 18.7. The van der Waals surface area contributed by atoms with Gasteiger partial charge in [0.25, 0.3) is 0 Å². The second-order valence-electron chi connectivity index (χ2n) is 4.38. The van der Waals surface area contributed by atoms with Gasteiger partial charge in [0.15, 0.2) is 0 Å². The zero-order chi connectivity index (χ0) is 13.1. The Bertz CT molecular complexity index is 618. The molecule has 1 heterocycles. The fraction of sp³-hybridized carbons (Fsp3) is 0.125. The Labute approximate surface area is 117 Å². The summed E-state index contributed by atoms with van der Waals surface area (Å²) in [5, 5.41) is 10.1. The van der Waals surface area contributed by atoms with Crippen molar-refractivity contribution in [2.45, 2.75) is 12.2 Å². The van der Waals surface area contributed by atoms with Crippen molar-refractivity contribution in [3.63, 3.8) is 0 Å². The maximum Gasteiger partial charge on any atom is 0.127 e. The molecule has 2 nitrogen and oxygen atoms in total. The molecule has 3 heteroatoms. The van der Waals surface area contributed by atoms with Crippen LogP contribution in [0.2, 0.25) is 0 Å². The second-order valence-corrected chi connectivity index (χ2v) is 5.71. The van der Waals surface area contributed by atoms with Gasteiger partial charge in [-0.1, -0.05) is 72.4 Å². The molecule has 3 rings (SSSR count). The quantitative estimate of drug-likeness (QED) is 0.807. The third kappa shape index (κ3) is 2.61. The minimum atomic E-state index is 0.315. The van der Waals surface area contributed by atoms with E-state index in [0.29, 0.717) is 5.25 Å². The van der Waals surface area contributed by atoms with E-state index in [0.717, 1.165) is 21.9 Å². The van der Waals surface area contributed by atoms with Crippen LogP contribution in [0.5, 0.6) is 0 Å². The molecular weight excluding hydrogens is 252 g/mol. The highest BCUT2D eigenvalue weighted by Gasteiger charge is 2.21. The van der Waals surface area contributed by atoms with E-state index in [4.69, 9.17) is 0 Å². The van der Waals surface area contributed by atoms with Crippen LogP contribution < -0.4 is 0 Å². The third-order valence-electron chi connectivity index (χ3n) is 3.01. The van der Waals surface area contributed by atoms with Crippen molar-refractivity contribution in [2.24, 2.45) is 10.2 Å². The Morgan fingerprint density at radius 1 is 0.789 bits per heavy atom. The molecule has 19 heavy (non-hydrogen) atoms. The van der Waals surface area contributed by atoms with Gasteiger partial charge in [-0.05, 0) is 12.5 Å². The van der Waals surface area contributed by atoms with Crippen LogP contribution in [0.25, 0.3) is 0 Å². The lowest BCUT2D eigenvalue weighted by Crippen LogP contribution is -2.20. The van der Waals surface area contributed by atoms with Crippen LogP contribution in [0, 0.1) is 0 Å². The van der Waals surface area contributed by atoms with Gasteiger partial charge in [-0.15, -0.1) is 5.10 Å². The highest BCUT2D eigenvalue weighted by atomic mass is 32.2. The van der Waals surface area contributed by atoms with Crippen LogP contribution in [-0.4, -0.2) is 16.0 Å². The summed E-state index contributed by atoms with van der Waals surface area (Å²) in [4.78, 5) is 0. The minimum Gasteiger partial charge on any atom is -0.153 e. The summed E-state index contributed by atoms with van der Waals surface area (Å²) in [5.41, 5.74) is 3.33. The summed E-state index contributed by atoms with van der Waals surface area (Å²) < 4.78 is 0. The summed E-state index contributed by atoms with van der Waals surface area (Å²) in [6.45, 7) is 2.17. The van der Waals surface area contributed by atoms with Crippen LogP contribution in [-0.2, 0) is 0 Å². The Morgan fingerprint density at radius 3 is 1.95 bits per heavy atom. The van der Waals surface area contributed by atoms with Crippen LogP contribution in [0.15, 0.2) is 70.9 Å². The number of thioether (sulfide) groups is 1. The largest absolute Gasteiger partial charge is 0.153 e. The highest BCUT2D eigenvalue weighted by Crippen LogP contribution is 2.26. The van der Waals surface area contributed by atoms with Gasteiger partial charge in [0, 0.05) is 5.56 Å². The molecule has 2 aromatic rings. The number of benzene rings is 2. The predicted octanol–water partition coefficient (Wildman–Crippen LogP) is 3.97. The van der Waals surface area contributed by atoms with E-state index >= 15 is 0 Å². The van der Waals surface area contributed by atoms with Gasteiger partial charge in [0.1, 0.15) is 5.04 Å². The molecule has 1 aliphatic heterocycles. The van der Waals surface area contributed by atoms with Gasteiger partial charge in [0.05, 0.1) is 11.0 Å². The SMILES string of the molecule is CC1SC(c2ccccc2)=NN=C1c1ccccc1. The Hall–Kier alpha value is -1.87. The van der Waals surface area contributed by atoms with Crippen LogP contribution in [0.3, 0.4) is 0 Å². The van der Waals surface area contributed by atoms with Gasteiger partial charge < -0.3 is 0 Å². The molecule has 0 saturated carbocycles. The Kier molecular flexibility index (Phi) is 3.47. The molecule has 0 saturated heterocycles. The Morgan fingerprint density at radius 2 is 1.37 bits per heavy atom. The monoisotopic (exact) mass is 266 g/mol. The minimum absolute atomic E-state index is 0.315. The molecule has 1 aliphatic rings. The van der Waals surface area contributed by atoms with Crippen LogP contribution in [0.4, 0.5) is 0 Å². The van der Waals surface area contributed by atoms with Crippen molar-refractivity contribution >= 4 is 22.5 Å². The van der Waals surface area contributed by atoms with Crippen molar-refractivity contribution in [3.05, 3.63) is 71.8 Å². The van der Waals surface area contributed by atoms with E-state index in [9.17, 15) is 0 Å². The van der Waals surface area contributed by atoms with Crippen molar-refractivity contribution in [2.75, 3.05) is 0 Å². The zero-order valence-electron chi connectivity index (χ0n) is 10.7. The number of hydrogen-bond donors (Lipinski definition) is 0. The highest BCUT2D eigenvalue weighted by molar-refractivity contribution is 8.15. The molecule has 0 radical (unpaired) electrons. The molecule has 0 aromatic heterocycles. The van der Waals surface area contributed by atoms with E-state index < -0.39 is 0 Å². The molecule has 0 N–H and O–H groups in total. The molecule has 0 amide bonds. The van der Waals surface area contributed by atoms with E-state index in [-0.39, 0.29) is 0 Å². The van der Waals surface area contributed by atoms with Crippen LogP contribution >= 0.6 is 11.8 Å². The van der Waals surface area contributed by atoms with E-state index in [2.05, 4.69) is 41.4 Å². The summed E-state index contributed by atoms with van der Waals surface area (Å²) in [7, 11) is 0. The Balaban J connectivity index is 1.94. The van der Waals surface area contributed by atoms with E-state index in [1.54, 1.807) is 11.8 Å². The van der Waals surface area contributed by atoms with Gasteiger partial charge >= 0.3 is 0 Å². The predicted molar refractivity (Wildman–Crippen MR) is 83.0 cm³/mol. The molecule has 2 aromatic carbocycles. The lowest BCUT2D eigenvalue weighted by Gasteiger charge is -2.18. The maximum atomic E-state index is 4.42. The van der Waals surface area contributed by atoms with Crippen molar-refractivity contribution in [1.29, 1.82) is 0 Å². The smallest absolute Gasteiger partial charge is 0.127 e. The van der Waals surface area contributed by atoms with Crippen molar-refractivity contribution in [1.82, 2.24) is 0 Å². The first-order valence-electron chi connectivity index (χ1n) is 6.27. The summed E-state index contributed by atoms with van der Waals surface area (Å²) >= 11 is 1.76. The number of nitrogens with zero attached hydrogens (tertiary/aromatic N) is 2. The molecule has 0 spiro atoms. The molecule has 94 valence electrons. The molecular formula is C16H14N2S. The average Bonchev–Trinajstić information content (AvgIpc) is 2.49. The van der Waals surface area contributed by atoms with Gasteiger partial charge in [-0.2, -0.15) is 5.10 Å². The zero-order valence-corrected chi connectivity index (χ0v) is 11.5. The first kappa shape index (κ1) is 12.2. The number of hydrogen-bond acceptors (Lipinski definition) is 3. The van der Waals surface area contributed by atoms with Gasteiger partial charge in [-0.25, -0.2) is 0 Å². The molecule has 1 unspecified atom stereocenters. The van der Waals surface area contributed by atoms with Gasteiger partial charge in [-0.3, -0.25) is 0 Å². The summed E-state index contributed by atoms with van der Waals surface area (Å²) in [6, 6.07) is 20.5. The lowest BCUT2D eigenvalue weighted by molar-refractivity contribution is 1.17. The molecule has 0 aliphatic carbocycles. The lowest BCUT2D eigenvalue weighted by atomic mass is 10.1. The van der Waals surface area contributed by atoms with E-state index in [1.165, 1.54) is 0 Å². The summed E-state index contributed by atoms with van der Waals surface area (Å²) in [5.74, 6) is 0. The fourth-order valence-electron chi connectivity index (χ4n) is 2.04. The number of rotatable bonds is 2.